The third kappa shape index (κ3) is 3.46. The van der Waals surface area contributed by atoms with Gasteiger partial charge in [-0.05, 0) is 30.2 Å². The third-order valence-corrected chi connectivity index (χ3v) is 5.45. The average Bonchev–Trinajstić information content (AvgIpc) is 3.22. The lowest BCUT2D eigenvalue weighted by Crippen LogP contribution is -2.04. The van der Waals surface area contributed by atoms with E-state index in [0.29, 0.717) is 6.54 Å². The number of hydrogen-bond donors (Lipinski definition) is 0. The molecule has 5 aromatic rings. The molecule has 2 heterocycles. The van der Waals surface area contributed by atoms with Crippen molar-refractivity contribution in [2.24, 2.45) is 0 Å². The summed E-state index contributed by atoms with van der Waals surface area (Å²) in [6, 6.07) is 24.2. The second-order valence-corrected chi connectivity index (χ2v) is 7.29. The first kappa shape index (κ1) is 19.1. The van der Waals surface area contributed by atoms with Crippen LogP contribution in [-0.2, 0) is 13.0 Å². The number of ether oxygens (including phenoxy) is 2. The van der Waals surface area contributed by atoms with Gasteiger partial charge in [-0.1, -0.05) is 54.6 Å². The molecule has 6 nitrogen and oxygen atoms in total. The van der Waals surface area contributed by atoms with Crippen molar-refractivity contribution in [1.82, 2.24) is 20.0 Å². The number of aromatic nitrogens is 4. The molecule has 2 aromatic heterocycles. The molecule has 0 spiro atoms. The van der Waals surface area contributed by atoms with E-state index in [-0.39, 0.29) is 0 Å². The Morgan fingerprint density at radius 1 is 0.806 bits per heavy atom. The van der Waals surface area contributed by atoms with Gasteiger partial charge in [-0.2, -0.15) is 5.10 Å². The van der Waals surface area contributed by atoms with Crippen LogP contribution >= 0.6 is 0 Å². The molecule has 0 aliphatic heterocycles. The second-order valence-electron chi connectivity index (χ2n) is 7.29. The van der Waals surface area contributed by atoms with E-state index >= 15 is 0 Å². The predicted octanol–water partition coefficient (Wildman–Crippen LogP) is 4.91. The van der Waals surface area contributed by atoms with Crippen LogP contribution in [0.1, 0.15) is 5.56 Å². The summed E-state index contributed by atoms with van der Waals surface area (Å²) in [4.78, 5) is 0. The Labute approximate surface area is 180 Å². The van der Waals surface area contributed by atoms with Gasteiger partial charge in [-0.3, -0.25) is 4.68 Å². The molecule has 31 heavy (non-hydrogen) atoms. The first-order valence-electron chi connectivity index (χ1n) is 10.2. The maximum absolute atomic E-state index is 5.45. The lowest BCUT2D eigenvalue weighted by Gasteiger charge is -2.10. The quantitative estimate of drug-likeness (QED) is 0.398. The summed E-state index contributed by atoms with van der Waals surface area (Å²) in [7, 11) is 3.30. The van der Waals surface area contributed by atoms with Gasteiger partial charge in [0, 0.05) is 17.5 Å². The van der Waals surface area contributed by atoms with Crippen molar-refractivity contribution in [1.29, 1.82) is 0 Å². The van der Waals surface area contributed by atoms with Gasteiger partial charge in [-0.15, -0.1) is 10.2 Å². The van der Waals surface area contributed by atoms with Gasteiger partial charge in [0.05, 0.1) is 25.3 Å². The maximum atomic E-state index is 5.45. The molecule has 0 radical (unpaired) electrons. The standard InChI is InChI=1S/C25H22N4O2/c1-30-21-13-12-17(16-22(21)31-2)14-15-29-25-19-10-6-7-11-20(19)26-27-24(25)23(28-29)18-8-4-3-5-9-18/h3-13,16H,14-15H2,1-2H3. The number of hydrogen-bond acceptors (Lipinski definition) is 5. The van der Waals surface area contributed by atoms with Crippen LogP contribution in [0.5, 0.6) is 11.5 Å². The average molecular weight is 410 g/mol. The van der Waals surface area contributed by atoms with Gasteiger partial charge < -0.3 is 9.47 Å². The molecule has 0 N–H and O–H groups in total. The molecule has 0 bridgehead atoms. The Kier molecular flexibility index (Phi) is 4.96. The molecular formula is C25H22N4O2. The SMILES string of the molecule is COc1ccc(CCn2nc(-c3ccccc3)c3nnc4ccccc4c32)cc1OC. The van der Waals surface area contributed by atoms with Crippen LogP contribution in [0.25, 0.3) is 33.2 Å². The van der Waals surface area contributed by atoms with Crippen molar-refractivity contribution in [2.75, 3.05) is 14.2 Å². The molecule has 0 amide bonds. The van der Waals surface area contributed by atoms with Crippen LogP contribution in [0.3, 0.4) is 0 Å². The fourth-order valence-electron chi connectivity index (χ4n) is 3.90. The minimum absolute atomic E-state index is 0.703. The number of rotatable bonds is 6. The van der Waals surface area contributed by atoms with E-state index in [0.717, 1.165) is 56.7 Å². The van der Waals surface area contributed by atoms with Crippen molar-refractivity contribution in [3.8, 4) is 22.8 Å². The second kappa shape index (κ2) is 8.07. The minimum Gasteiger partial charge on any atom is -0.493 e. The topological polar surface area (TPSA) is 62.1 Å². The molecular weight excluding hydrogens is 388 g/mol. The molecule has 154 valence electrons. The van der Waals surface area contributed by atoms with E-state index < -0.39 is 0 Å². The van der Waals surface area contributed by atoms with E-state index in [1.54, 1.807) is 14.2 Å². The molecule has 0 unspecified atom stereocenters. The fraction of sp³-hybridized carbons (Fsp3) is 0.160. The van der Waals surface area contributed by atoms with Crippen LogP contribution in [0.15, 0.2) is 72.8 Å². The Hall–Kier alpha value is -3.93. The lowest BCUT2D eigenvalue weighted by atomic mass is 10.1. The largest absolute Gasteiger partial charge is 0.493 e. The van der Waals surface area contributed by atoms with Gasteiger partial charge in [-0.25, -0.2) is 0 Å². The summed E-state index contributed by atoms with van der Waals surface area (Å²) in [5.74, 6) is 1.45. The number of aryl methyl sites for hydroxylation is 2. The molecule has 0 atom stereocenters. The Morgan fingerprint density at radius 3 is 2.39 bits per heavy atom. The first-order chi connectivity index (χ1) is 15.3. The molecule has 5 rings (SSSR count). The number of benzene rings is 3. The molecule has 0 aliphatic carbocycles. The molecule has 3 aromatic carbocycles. The summed E-state index contributed by atoms with van der Waals surface area (Å²) >= 11 is 0. The lowest BCUT2D eigenvalue weighted by molar-refractivity contribution is 0.354. The molecule has 0 saturated heterocycles. The Balaban J connectivity index is 1.60. The van der Waals surface area contributed by atoms with Crippen molar-refractivity contribution in [3.63, 3.8) is 0 Å². The fourth-order valence-corrected chi connectivity index (χ4v) is 3.90. The Bertz CT molecular complexity index is 1360. The highest BCUT2D eigenvalue weighted by atomic mass is 16.5. The highest BCUT2D eigenvalue weighted by molar-refractivity contribution is 6.05. The summed E-state index contributed by atoms with van der Waals surface area (Å²) in [6.07, 6.45) is 0.794. The molecule has 6 heteroatoms. The smallest absolute Gasteiger partial charge is 0.160 e. The van der Waals surface area contributed by atoms with Crippen molar-refractivity contribution in [3.05, 3.63) is 78.4 Å². The van der Waals surface area contributed by atoms with E-state index in [2.05, 4.69) is 34.5 Å². The zero-order valence-corrected chi connectivity index (χ0v) is 17.4. The van der Waals surface area contributed by atoms with E-state index in [1.807, 2.05) is 53.2 Å². The highest BCUT2D eigenvalue weighted by Crippen LogP contribution is 2.31. The van der Waals surface area contributed by atoms with Gasteiger partial charge in [0.15, 0.2) is 11.5 Å². The summed E-state index contributed by atoms with van der Waals surface area (Å²) in [6.45, 7) is 0.703. The van der Waals surface area contributed by atoms with Crippen molar-refractivity contribution >= 4 is 21.9 Å². The summed E-state index contributed by atoms with van der Waals surface area (Å²) < 4.78 is 12.9. The van der Waals surface area contributed by atoms with Gasteiger partial charge in [0.25, 0.3) is 0 Å². The van der Waals surface area contributed by atoms with Crippen molar-refractivity contribution < 1.29 is 9.47 Å². The third-order valence-electron chi connectivity index (χ3n) is 5.45. The van der Waals surface area contributed by atoms with E-state index in [4.69, 9.17) is 14.6 Å². The van der Waals surface area contributed by atoms with Gasteiger partial charge in [0.2, 0.25) is 0 Å². The van der Waals surface area contributed by atoms with Gasteiger partial charge >= 0.3 is 0 Å². The molecule has 0 aliphatic rings. The minimum atomic E-state index is 0.703. The molecule has 0 saturated carbocycles. The van der Waals surface area contributed by atoms with Gasteiger partial charge in [0.1, 0.15) is 11.2 Å². The Morgan fingerprint density at radius 2 is 1.58 bits per heavy atom. The van der Waals surface area contributed by atoms with E-state index in [1.165, 1.54) is 0 Å². The maximum Gasteiger partial charge on any atom is 0.160 e. The summed E-state index contributed by atoms with van der Waals surface area (Å²) in [5, 5.41) is 15.0. The van der Waals surface area contributed by atoms with E-state index in [9.17, 15) is 0 Å². The number of methoxy groups -OCH3 is 2. The van der Waals surface area contributed by atoms with Crippen LogP contribution in [0.2, 0.25) is 0 Å². The van der Waals surface area contributed by atoms with Crippen LogP contribution < -0.4 is 9.47 Å². The van der Waals surface area contributed by atoms with Crippen LogP contribution in [0.4, 0.5) is 0 Å². The van der Waals surface area contributed by atoms with Crippen LogP contribution in [0, 0.1) is 0 Å². The number of fused-ring (bicyclic) bond motifs is 3. The van der Waals surface area contributed by atoms with Crippen LogP contribution in [-0.4, -0.2) is 34.2 Å². The van der Waals surface area contributed by atoms with Crippen molar-refractivity contribution in [2.45, 2.75) is 13.0 Å². The first-order valence-corrected chi connectivity index (χ1v) is 10.2. The summed E-state index contributed by atoms with van der Waals surface area (Å²) in [5.41, 5.74) is 5.71. The zero-order valence-electron chi connectivity index (χ0n) is 17.4. The zero-order chi connectivity index (χ0) is 21.2. The normalized spacial score (nSPS) is 11.2. The molecule has 0 fully saturated rings. The number of nitrogens with zero attached hydrogens (tertiary/aromatic N) is 4. The monoisotopic (exact) mass is 410 g/mol. The highest BCUT2D eigenvalue weighted by Gasteiger charge is 2.17. The predicted molar refractivity (Wildman–Crippen MR) is 122 cm³/mol.